The van der Waals surface area contributed by atoms with Gasteiger partial charge >= 0.3 is 23.1 Å². The first kappa shape index (κ1) is 60.1. The molecule has 0 N–H and O–H groups in total. The minimum Gasteiger partial charge on any atom is -0.443 e. The number of urea groups is 1. The van der Waals surface area contributed by atoms with Crippen molar-refractivity contribution in [1.29, 1.82) is 0 Å². The van der Waals surface area contributed by atoms with Crippen molar-refractivity contribution >= 4 is 72.6 Å². The quantitative estimate of drug-likeness (QED) is 0.0352. The maximum absolute atomic E-state index is 14.5. The molecule has 4 amide bonds. The summed E-state index contributed by atoms with van der Waals surface area (Å²) in [5.41, 5.74) is 4.78. The van der Waals surface area contributed by atoms with Gasteiger partial charge in [0.1, 0.15) is 28.9 Å². The Hall–Kier alpha value is -8.50. The molecule has 6 heterocycles. The molecule has 1 aromatic heterocycles. The Morgan fingerprint density at radius 2 is 0.571 bits per heavy atom. The Bertz CT molecular complexity index is 4200. The minimum absolute atomic E-state index is 0.0648. The van der Waals surface area contributed by atoms with Crippen molar-refractivity contribution < 1.29 is 55.3 Å². The van der Waals surface area contributed by atoms with Gasteiger partial charge in [-0.05, 0) is 77.2 Å². The van der Waals surface area contributed by atoms with Crippen LogP contribution < -0.4 is 56.4 Å². The summed E-state index contributed by atoms with van der Waals surface area (Å²) in [4.78, 5) is 88.8. The number of ether oxygens (including phenoxy) is 1. The summed E-state index contributed by atoms with van der Waals surface area (Å²) in [6.45, 7) is -2.30. The second kappa shape index (κ2) is 26.8. The van der Waals surface area contributed by atoms with Crippen LogP contribution in [0.4, 0.5) is 4.79 Å². The van der Waals surface area contributed by atoms with Gasteiger partial charge in [0.15, 0.2) is 0 Å². The van der Waals surface area contributed by atoms with Crippen LogP contribution in [-0.4, -0.2) is 94.1 Å². The number of imide groups is 2. The Labute approximate surface area is 526 Å². The first-order chi connectivity index (χ1) is 44.7. The van der Waals surface area contributed by atoms with Crippen LogP contribution in [0.3, 0.4) is 0 Å². The molecule has 5 aliphatic heterocycles. The second-order valence-corrected chi connectivity index (χ2v) is 27.0. The van der Waals surface area contributed by atoms with Crippen molar-refractivity contribution in [2.75, 3.05) is 52.7 Å². The van der Waals surface area contributed by atoms with Gasteiger partial charge in [-0.15, -0.1) is 0 Å². The number of nitrogens with zero attached hydrogens (tertiary/aromatic N) is 5. The van der Waals surface area contributed by atoms with E-state index in [1.54, 1.807) is 0 Å². The molecule has 0 spiro atoms. The Morgan fingerprint density at radius 1 is 0.308 bits per heavy atom. The zero-order chi connectivity index (χ0) is 62.0. The monoisotopic (exact) mass is 1300 g/mol. The molecule has 1 fully saturated rings. The normalized spacial score (nSPS) is 18.2. The maximum Gasteiger partial charge on any atom is 0.336 e. The smallest absolute Gasteiger partial charge is 0.336 e. The number of fused-ring (bicyclic) bond motifs is 12. The van der Waals surface area contributed by atoms with Gasteiger partial charge in [-0.1, -0.05) is 146 Å². The molecule has 5 aliphatic rings. The topological polar surface area (TPSA) is 207 Å². The number of hydrogen-bond acceptors (Lipinski definition) is 15. The van der Waals surface area contributed by atoms with E-state index in [1.807, 2.05) is 194 Å². The van der Waals surface area contributed by atoms with Crippen molar-refractivity contribution in [3.8, 4) is 67.5 Å². The highest BCUT2D eigenvalue weighted by atomic mass is 31.2. The molecule has 24 heteroatoms. The van der Waals surface area contributed by atoms with Gasteiger partial charge in [-0.25, -0.2) is 32.9 Å². The van der Waals surface area contributed by atoms with E-state index < -0.39 is 74.3 Å². The maximum atomic E-state index is 14.5. The van der Waals surface area contributed by atoms with Gasteiger partial charge in [0, 0.05) is 22.3 Å². The molecule has 0 aliphatic carbocycles. The third-order valence-electron chi connectivity index (χ3n) is 15.9. The minimum atomic E-state index is -1.69. The van der Waals surface area contributed by atoms with Crippen LogP contribution in [0, 0.1) is 5.92 Å². The van der Waals surface area contributed by atoms with Crippen molar-refractivity contribution in [2.45, 2.75) is 26.1 Å². The summed E-state index contributed by atoms with van der Waals surface area (Å²) in [7, 11) is -6.71. The van der Waals surface area contributed by atoms with Gasteiger partial charge < -0.3 is 40.9 Å². The molecule has 0 bridgehead atoms. The highest BCUT2D eigenvalue weighted by Gasteiger charge is 2.46. The van der Waals surface area contributed by atoms with Crippen LogP contribution in [-0.2, 0) is 52.1 Å². The molecule has 5 unspecified atom stereocenters. The lowest BCUT2D eigenvalue weighted by molar-refractivity contribution is -0.150. The molecule has 9 aromatic rings. The van der Waals surface area contributed by atoms with E-state index in [9.17, 15) is 28.8 Å². The third kappa shape index (κ3) is 12.0. The van der Waals surface area contributed by atoms with Gasteiger partial charge in [0.05, 0.1) is 93.6 Å². The van der Waals surface area contributed by atoms with Gasteiger partial charge in [-0.3, -0.25) is 19.4 Å². The van der Waals surface area contributed by atoms with E-state index in [1.165, 1.54) is 0 Å². The third-order valence-corrected chi connectivity index (χ3v) is 22.2. The summed E-state index contributed by atoms with van der Waals surface area (Å²) >= 11 is 0. The van der Waals surface area contributed by atoms with Crippen LogP contribution in [0.15, 0.2) is 209 Å². The summed E-state index contributed by atoms with van der Waals surface area (Å²) in [6.07, 6.45) is -0.0848. The molecule has 5 atom stereocenters. The van der Waals surface area contributed by atoms with Crippen molar-refractivity contribution in [3.05, 3.63) is 226 Å². The fraction of sp³-hybridized carbons (Fsp3) is 0.194. The molecule has 14 rings (SSSR count). The summed E-state index contributed by atoms with van der Waals surface area (Å²) in [5, 5.41) is 3.34. The zero-order valence-electron chi connectivity index (χ0n) is 48.7. The van der Waals surface area contributed by atoms with Crippen LogP contribution in [0.2, 0.25) is 0 Å². The highest BCUT2D eigenvalue weighted by molar-refractivity contribution is 7.58. The SMILES string of the molecule is O=C1C(CCOP2Oc3ccccc3-c3ccccc32)C(=O)N(CCOP2Oc3ccccc3-c3ccccc32)C(=O)N1CCOCCn1c(=O)n(CCOP2Oc3ccccc3-c3ccccc32)c(=O)n(CCOP2Oc3ccccc3-c3ccccc32)c1=O. The van der Waals surface area contributed by atoms with E-state index in [0.29, 0.717) is 23.0 Å². The lowest BCUT2D eigenvalue weighted by Gasteiger charge is -2.37. The molecule has 20 nitrogen and oxygen atoms in total. The van der Waals surface area contributed by atoms with Gasteiger partial charge in [-0.2, -0.15) is 0 Å². The number of aromatic nitrogens is 3. The molecule has 91 heavy (non-hydrogen) atoms. The van der Waals surface area contributed by atoms with E-state index >= 15 is 0 Å². The molecule has 0 saturated carbocycles. The lowest BCUT2D eigenvalue weighted by atomic mass is 10.00. The molecule has 0 radical (unpaired) electrons. The molecular weight excluding hydrogens is 1240 g/mol. The highest BCUT2D eigenvalue weighted by Crippen LogP contribution is 2.53. The number of carbonyl (C=O) groups excluding carboxylic acids is 3. The van der Waals surface area contributed by atoms with Crippen molar-refractivity contribution in [2.24, 2.45) is 5.92 Å². The largest absolute Gasteiger partial charge is 0.443 e. The number of para-hydroxylation sites is 4. The summed E-state index contributed by atoms with van der Waals surface area (Å²) in [5.74, 6) is -0.220. The molecule has 460 valence electrons. The zero-order valence-corrected chi connectivity index (χ0v) is 52.3. The van der Waals surface area contributed by atoms with Gasteiger partial charge in [0.25, 0.3) is 33.5 Å². The van der Waals surface area contributed by atoms with Crippen molar-refractivity contribution in [3.63, 3.8) is 0 Å². The number of rotatable bonds is 22. The number of barbiturate groups is 1. The standard InChI is InChI=1S/C67H57N5O15P4/c73-62-53(33-39-80-88-58-29-13-5-21-49(58)45-17-1-9-25-54(45)84-88)63(74)69(36-42-81-89-59-30-14-6-22-50(59)46-18-2-10-26-55(46)85-89)64(75)68(62)34-40-79-41-35-70-65(76)71(37-43-82-90-60-31-15-7-23-51(60)47-19-3-11-27-56(47)86-90)67(78)72(66(70)77)38-44-83-91-61-32-16-8-24-52(61)48-20-4-12-28-57(48)87-91/h1-32,53H,33-44H2. The van der Waals surface area contributed by atoms with E-state index in [4.69, 9.17) is 40.9 Å². The fourth-order valence-corrected chi connectivity index (χ4v) is 17.4. The molecule has 1 saturated heterocycles. The average molecular weight is 1300 g/mol. The number of amides is 4. The summed E-state index contributed by atoms with van der Waals surface area (Å²) < 4.78 is 59.7. The number of hydrogen-bond donors (Lipinski definition) is 0. The Balaban J connectivity index is 0.678. The fourth-order valence-electron chi connectivity index (χ4n) is 11.5. The molecular formula is C67H57N5O15P4. The van der Waals surface area contributed by atoms with Crippen LogP contribution in [0.1, 0.15) is 6.42 Å². The Kier molecular flexibility index (Phi) is 17.7. The first-order valence-electron chi connectivity index (χ1n) is 29.5. The van der Waals surface area contributed by atoms with Crippen LogP contribution in [0.5, 0.6) is 23.0 Å². The van der Waals surface area contributed by atoms with E-state index in [-0.39, 0.29) is 78.8 Å². The predicted molar refractivity (Wildman–Crippen MR) is 347 cm³/mol. The van der Waals surface area contributed by atoms with E-state index in [2.05, 4.69) is 0 Å². The predicted octanol–water partition coefficient (Wildman–Crippen LogP) is 9.84. The van der Waals surface area contributed by atoms with E-state index in [0.717, 1.165) is 89.2 Å². The number of carbonyl (C=O) groups is 3. The van der Waals surface area contributed by atoms with Crippen LogP contribution in [0.25, 0.3) is 44.5 Å². The van der Waals surface area contributed by atoms with Crippen LogP contribution >= 0.6 is 33.5 Å². The summed E-state index contributed by atoms with van der Waals surface area (Å²) in [6, 6.07) is 60.6. The average Bonchev–Trinajstić information content (AvgIpc) is 1.68. The Morgan fingerprint density at radius 3 is 0.923 bits per heavy atom. The van der Waals surface area contributed by atoms with Gasteiger partial charge in [0.2, 0.25) is 11.8 Å². The first-order valence-corrected chi connectivity index (χ1v) is 34.3. The molecule has 8 aromatic carbocycles. The number of benzene rings is 8. The van der Waals surface area contributed by atoms with Crippen molar-refractivity contribution in [1.82, 2.24) is 23.5 Å². The second-order valence-electron chi connectivity index (χ2n) is 21.3. The lowest BCUT2D eigenvalue weighted by Crippen LogP contribution is -2.61.